The molecule has 9 nitrogen and oxygen atoms in total. The zero-order valence-electron chi connectivity index (χ0n) is 19.8. The first kappa shape index (κ1) is 25.7. The molecule has 0 spiro atoms. The van der Waals surface area contributed by atoms with Gasteiger partial charge in [0.25, 0.3) is 5.91 Å². The first-order valence-electron chi connectivity index (χ1n) is 11.1. The highest BCUT2D eigenvalue weighted by atomic mass is 19.4. The Morgan fingerprint density at radius 1 is 1.03 bits per heavy atom. The van der Waals surface area contributed by atoms with E-state index in [0.717, 1.165) is 11.8 Å². The summed E-state index contributed by atoms with van der Waals surface area (Å²) in [5.41, 5.74) is 2.26. The summed E-state index contributed by atoms with van der Waals surface area (Å²) in [6, 6.07) is 6.93. The Balaban J connectivity index is 1.48. The lowest BCUT2D eigenvalue weighted by molar-refractivity contribution is -0.115. The van der Waals surface area contributed by atoms with E-state index >= 15 is 0 Å². The van der Waals surface area contributed by atoms with E-state index in [1.807, 2.05) is 13.0 Å². The number of para-hydroxylation sites is 1. The van der Waals surface area contributed by atoms with E-state index < -0.39 is 24.4 Å². The fraction of sp³-hybridized carbons (Fsp3) is 0.250. The number of aromatic nitrogens is 5. The predicted octanol–water partition coefficient (Wildman–Crippen LogP) is 4.17. The van der Waals surface area contributed by atoms with E-state index in [-0.39, 0.29) is 17.4 Å². The van der Waals surface area contributed by atoms with Gasteiger partial charge in [-0.3, -0.25) is 9.78 Å². The van der Waals surface area contributed by atoms with E-state index in [4.69, 9.17) is 0 Å². The van der Waals surface area contributed by atoms with Gasteiger partial charge in [0.05, 0.1) is 23.0 Å². The van der Waals surface area contributed by atoms with Crippen LogP contribution in [-0.4, -0.2) is 57.1 Å². The van der Waals surface area contributed by atoms with Gasteiger partial charge in [0.15, 0.2) is 5.82 Å². The van der Waals surface area contributed by atoms with Crippen LogP contribution < -0.4 is 16.0 Å². The Bertz CT molecular complexity index is 1410. The molecule has 3 N–H and O–H groups in total. The predicted molar refractivity (Wildman–Crippen MR) is 130 cm³/mol. The van der Waals surface area contributed by atoms with Gasteiger partial charge in [-0.1, -0.05) is 25.1 Å². The molecule has 1 aromatic carbocycles. The molecule has 192 valence electrons. The van der Waals surface area contributed by atoms with Crippen LogP contribution in [-0.2, 0) is 0 Å². The maximum atomic E-state index is 14.3. The van der Waals surface area contributed by atoms with Gasteiger partial charge in [0.2, 0.25) is 5.95 Å². The van der Waals surface area contributed by atoms with Gasteiger partial charge in [0, 0.05) is 48.9 Å². The molecule has 0 aliphatic carbocycles. The van der Waals surface area contributed by atoms with Crippen molar-refractivity contribution >= 4 is 28.6 Å². The second-order valence-corrected chi connectivity index (χ2v) is 8.14. The van der Waals surface area contributed by atoms with Crippen molar-refractivity contribution in [3.63, 3.8) is 0 Å². The zero-order chi connectivity index (χ0) is 26.6. The Hall–Kier alpha value is -4.42. The summed E-state index contributed by atoms with van der Waals surface area (Å²) in [6.07, 6.45) is 0.739. The first-order chi connectivity index (χ1) is 17.7. The molecular formula is C24H22F4N8O. The van der Waals surface area contributed by atoms with E-state index in [2.05, 4.69) is 40.9 Å². The van der Waals surface area contributed by atoms with Crippen LogP contribution in [0.2, 0.25) is 0 Å². The number of fused-ring (bicyclic) bond motifs is 1. The number of halogens is 4. The number of anilines is 2. The summed E-state index contributed by atoms with van der Waals surface area (Å²) in [6.45, 7) is 1.15. The molecule has 1 unspecified atom stereocenters. The molecule has 0 bridgehead atoms. The number of alkyl halides is 3. The average molecular weight is 514 g/mol. The van der Waals surface area contributed by atoms with Crippen molar-refractivity contribution in [2.75, 3.05) is 30.8 Å². The SMILES string of the molecule is CNC(=O)c1c(F)cnc2c(C(C)CNc3cc(-c4cnc(NCC(F)(F)F)nc4)ncn3)cccc12. The van der Waals surface area contributed by atoms with Crippen LogP contribution in [0.3, 0.4) is 0 Å². The molecule has 3 aromatic heterocycles. The third-order valence-electron chi connectivity index (χ3n) is 5.52. The zero-order valence-corrected chi connectivity index (χ0v) is 19.8. The van der Waals surface area contributed by atoms with Crippen molar-refractivity contribution in [2.45, 2.75) is 19.0 Å². The number of amides is 1. The minimum absolute atomic E-state index is 0.0585. The van der Waals surface area contributed by atoms with Gasteiger partial charge in [-0.05, 0) is 5.56 Å². The summed E-state index contributed by atoms with van der Waals surface area (Å²) in [5.74, 6) is -0.974. The molecule has 0 radical (unpaired) electrons. The van der Waals surface area contributed by atoms with Gasteiger partial charge in [0.1, 0.15) is 18.7 Å². The highest BCUT2D eigenvalue weighted by Crippen LogP contribution is 2.28. The largest absolute Gasteiger partial charge is 0.405 e. The van der Waals surface area contributed by atoms with E-state index in [0.29, 0.717) is 34.5 Å². The van der Waals surface area contributed by atoms with Crippen LogP contribution in [0, 0.1) is 5.82 Å². The fourth-order valence-electron chi connectivity index (χ4n) is 3.69. The summed E-state index contributed by atoms with van der Waals surface area (Å²) < 4.78 is 51.4. The van der Waals surface area contributed by atoms with Crippen LogP contribution in [0.25, 0.3) is 22.2 Å². The number of carbonyl (C=O) groups is 1. The first-order valence-corrected chi connectivity index (χ1v) is 11.1. The van der Waals surface area contributed by atoms with Gasteiger partial charge in [-0.15, -0.1) is 0 Å². The quantitative estimate of drug-likeness (QED) is 0.300. The van der Waals surface area contributed by atoms with Crippen LogP contribution >= 0.6 is 0 Å². The maximum absolute atomic E-state index is 14.3. The van der Waals surface area contributed by atoms with Crippen LogP contribution in [0.4, 0.5) is 29.3 Å². The van der Waals surface area contributed by atoms with Crippen LogP contribution in [0.1, 0.15) is 28.8 Å². The van der Waals surface area contributed by atoms with Gasteiger partial charge >= 0.3 is 6.18 Å². The molecule has 0 fully saturated rings. The molecule has 13 heteroatoms. The minimum atomic E-state index is -4.38. The molecule has 3 heterocycles. The van der Waals surface area contributed by atoms with E-state index in [1.54, 1.807) is 18.2 Å². The Kier molecular flexibility index (Phi) is 7.41. The number of carbonyl (C=O) groups excluding carboxylic acids is 1. The molecule has 37 heavy (non-hydrogen) atoms. The number of hydrogen-bond acceptors (Lipinski definition) is 8. The smallest absolute Gasteiger partial charge is 0.369 e. The third kappa shape index (κ3) is 6.05. The Morgan fingerprint density at radius 3 is 2.49 bits per heavy atom. The van der Waals surface area contributed by atoms with E-state index in [9.17, 15) is 22.4 Å². The number of pyridine rings is 1. The number of hydrogen-bond donors (Lipinski definition) is 3. The highest BCUT2D eigenvalue weighted by Gasteiger charge is 2.27. The van der Waals surface area contributed by atoms with Crippen molar-refractivity contribution in [1.82, 2.24) is 30.2 Å². The standard InChI is InChI=1S/C24H22F4N8O/c1-13(15-4-3-5-16-20(22(37)29-2)17(25)10-31-21(15)16)7-30-19-6-18(35-12-36-19)14-8-32-23(33-9-14)34-11-24(26,27)28/h3-6,8-10,12-13H,7,11H2,1-2H3,(H,29,37)(H,30,35,36)(H,32,33,34). The molecule has 0 saturated carbocycles. The molecular weight excluding hydrogens is 492 g/mol. The van der Waals surface area contributed by atoms with Crippen molar-refractivity contribution in [3.05, 3.63) is 66.1 Å². The summed E-state index contributed by atoms with van der Waals surface area (Å²) in [5, 5.41) is 8.20. The molecule has 4 rings (SSSR count). The highest BCUT2D eigenvalue weighted by molar-refractivity contribution is 6.06. The summed E-state index contributed by atoms with van der Waals surface area (Å²) in [7, 11) is 1.44. The Labute approximate surface area is 208 Å². The van der Waals surface area contributed by atoms with E-state index in [1.165, 1.54) is 25.8 Å². The lowest BCUT2D eigenvalue weighted by Crippen LogP contribution is -2.22. The average Bonchev–Trinajstić information content (AvgIpc) is 2.89. The second-order valence-electron chi connectivity index (χ2n) is 8.14. The van der Waals surface area contributed by atoms with Crippen molar-refractivity contribution in [3.8, 4) is 11.3 Å². The maximum Gasteiger partial charge on any atom is 0.405 e. The van der Waals surface area contributed by atoms with Gasteiger partial charge in [-0.25, -0.2) is 24.3 Å². The monoisotopic (exact) mass is 514 g/mol. The van der Waals surface area contributed by atoms with Crippen molar-refractivity contribution < 1.29 is 22.4 Å². The van der Waals surface area contributed by atoms with Gasteiger partial charge in [-0.2, -0.15) is 13.2 Å². The Morgan fingerprint density at radius 2 is 1.78 bits per heavy atom. The normalized spacial score (nSPS) is 12.3. The van der Waals surface area contributed by atoms with Crippen molar-refractivity contribution in [2.24, 2.45) is 0 Å². The molecule has 0 saturated heterocycles. The molecule has 0 aliphatic rings. The fourth-order valence-corrected chi connectivity index (χ4v) is 3.69. The molecule has 1 amide bonds. The minimum Gasteiger partial charge on any atom is -0.369 e. The summed E-state index contributed by atoms with van der Waals surface area (Å²) in [4.78, 5) is 32.6. The lowest BCUT2D eigenvalue weighted by Gasteiger charge is -2.17. The van der Waals surface area contributed by atoms with Crippen LogP contribution in [0.5, 0.6) is 0 Å². The lowest BCUT2D eigenvalue weighted by atomic mass is 9.96. The molecule has 4 aromatic rings. The molecule has 1 atom stereocenters. The van der Waals surface area contributed by atoms with Crippen molar-refractivity contribution in [1.29, 1.82) is 0 Å². The molecule has 0 aliphatic heterocycles. The topological polar surface area (TPSA) is 118 Å². The second kappa shape index (κ2) is 10.7. The summed E-state index contributed by atoms with van der Waals surface area (Å²) >= 11 is 0. The number of nitrogens with zero attached hydrogens (tertiary/aromatic N) is 5. The van der Waals surface area contributed by atoms with Gasteiger partial charge < -0.3 is 16.0 Å². The number of rotatable bonds is 8. The number of benzene rings is 1. The van der Waals surface area contributed by atoms with Crippen LogP contribution in [0.15, 0.2) is 49.2 Å². The third-order valence-corrected chi connectivity index (χ3v) is 5.52. The number of nitrogens with one attached hydrogen (secondary N) is 3.